The number of rotatable bonds is 3. The van der Waals surface area contributed by atoms with Crippen LogP contribution in [-0.4, -0.2) is 52.4 Å². The summed E-state index contributed by atoms with van der Waals surface area (Å²) in [5.74, 6) is 1.43. The smallest absolute Gasteiger partial charge is 0.221 e. The lowest BCUT2D eigenvalue weighted by Crippen LogP contribution is -2.36. The zero-order chi connectivity index (χ0) is 19.1. The van der Waals surface area contributed by atoms with E-state index >= 15 is 0 Å². The number of anilines is 2. The minimum Gasteiger partial charge on any atom is -0.378 e. The van der Waals surface area contributed by atoms with Crippen LogP contribution in [0.2, 0.25) is 0 Å². The van der Waals surface area contributed by atoms with E-state index in [9.17, 15) is 4.79 Å². The second kappa shape index (κ2) is 6.84. The average molecular weight is 394 g/mol. The molecule has 0 saturated carbocycles. The number of fused-ring (bicyclic) bond motifs is 2. The summed E-state index contributed by atoms with van der Waals surface area (Å²) in [6.07, 6.45) is 1.79. The number of nitrogens with one attached hydrogen (secondary N) is 2. The number of nitrogens with zero attached hydrogens (tertiary/aromatic N) is 4. The molecule has 3 aromatic heterocycles. The van der Waals surface area contributed by atoms with Crippen molar-refractivity contribution in [3.05, 3.63) is 30.5 Å². The SMILES string of the molecule is CC(=O)Nc1cc2nc(-c3cccc4[nH]ncc34)nc(N3CCOCC3)c2s1. The van der Waals surface area contributed by atoms with Gasteiger partial charge in [-0.3, -0.25) is 9.89 Å². The summed E-state index contributed by atoms with van der Waals surface area (Å²) in [5, 5.41) is 11.7. The number of aromatic nitrogens is 4. The Kier molecular flexibility index (Phi) is 4.18. The van der Waals surface area contributed by atoms with Crippen molar-refractivity contribution in [3.8, 4) is 11.4 Å². The molecular weight excluding hydrogens is 376 g/mol. The highest BCUT2D eigenvalue weighted by atomic mass is 32.1. The lowest BCUT2D eigenvalue weighted by molar-refractivity contribution is -0.114. The van der Waals surface area contributed by atoms with Gasteiger partial charge in [-0.25, -0.2) is 9.97 Å². The first kappa shape index (κ1) is 17.1. The van der Waals surface area contributed by atoms with Gasteiger partial charge in [0.05, 0.1) is 40.1 Å². The van der Waals surface area contributed by atoms with E-state index in [4.69, 9.17) is 14.7 Å². The molecule has 142 valence electrons. The van der Waals surface area contributed by atoms with Gasteiger partial charge in [-0.15, -0.1) is 11.3 Å². The predicted molar refractivity (Wildman–Crippen MR) is 110 cm³/mol. The van der Waals surface area contributed by atoms with E-state index in [1.54, 1.807) is 6.20 Å². The number of H-pyrrole nitrogens is 1. The van der Waals surface area contributed by atoms with Gasteiger partial charge in [0.1, 0.15) is 0 Å². The molecule has 1 aromatic carbocycles. The second-order valence-electron chi connectivity index (χ2n) is 6.61. The summed E-state index contributed by atoms with van der Waals surface area (Å²) in [6.45, 7) is 4.39. The van der Waals surface area contributed by atoms with E-state index in [-0.39, 0.29) is 5.91 Å². The number of morpholine rings is 1. The number of benzene rings is 1. The summed E-state index contributed by atoms with van der Waals surface area (Å²) < 4.78 is 6.47. The molecule has 0 aliphatic carbocycles. The molecule has 1 fully saturated rings. The molecule has 0 spiro atoms. The number of amides is 1. The average Bonchev–Trinajstić information content (AvgIpc) is 3.33. The van der Waals surface area contributed by atoms with Crippen molar-refractivity contribution in [2.45, 2.75) is 6.92 Å². The van der Waals surface area contributed by atoms with Crippen LogP contribution in [0.15, 0.2) is 30.5 Å². The van der Waals surface area contributed by atoms with Crippen LogP contribution < -0.4 is 10.2 Å². The van der Waals surface area contributed by atoms with Crippen molar-refractivity contribution >= 4 is 49.2 Å². The van der Waals surface area contributed by atoms with Gasteiger partial charge in [0.2, 0.25) is 5.91 Å². The number of thiophene rings is 1. The van der Waals surface area contributed by atoms with Gasteiger partial charge in [0, 0.05) is 31.0 Å². The van der Waals surface area contributed by atoms with Crippen molar-refractivity contribution in [2.75, 3.05) is 36.5 Å². The number of ether oxygens (including phenoxy) is 1. The van der Waals surface area contributed by atoms with Gasteiger partial charge in [-0.05, 0) is 12.1 Å². The number of hydrogen-bond acceptors (Lipinski definition) is 7. The van der Waals surface area contributed by atoms with Crippen LogP contribution in [0.5, 0.6) is 0 Å². The van der Waals surface area contributed by atoms with Crippen molar-refractivity contribution in [3.63, 3.8) is 0 Å². The molecule has 2 N–H and O–H groups in total. The van der Waals surface area contributed by atoms with Gasteiger partial charge in [0.15, 0.2) is 11.6 Å². The summed E-state index contributed by atoms with van der Waals surface area (Å²) in [4.78, 5) is 23.5. The van der Waals surface area contributed by atoms with E-state index in [1.165, 1.54) is 18.3 Å². The fourth-order valence-electron chi connectivity index (χ4n) is 3.42. The monoisotopic (exact) mass is 394 g/mol. The third-order valence-electron chi connectivity index (χ3n) is 4.69. The molecule has 1 amide bonds. The zero-order valence-electron chi connectivity index (χ0n) is 15.2. The van der Waals surface area contributed by atoms with E-state index in [2.05, 4.69) is 20.4 Å². The summed E-state index contributed by atoms with van der Waals surface area (Å²) in [5.41, 5.74) is 2.69. The Hall–Kier alpha value is -3.04. The Morgan fingerprint density at radius 3 is 2.96 bits per heavy atom. The number of carbonyl (C=O) groups excluding carboxylic acids is 1. The summed E-state index contributed by atoms with van der Waals surface area (Å²) >= 11 is 1.50. The highest BCUT2D eigenvalue weighted by Crippen LogP contribution is 2.37. The lowest BCUT2D eigenvalue weighted by Gasteiger charge is -2.28. The van der Waals surface area contributed by atoms with Crippen molar-refractivity contribution in [1.29, 1.82) is 0 Å². The van der Waals surface area contributed by atoms with Crippen LogP contribution in [-0.2, 0) is 9.53 Å². The van der Waals surface area contributed by atoms with Crippen LogP contribution in [0.25, 0.3) is 32.5 Å². The molecule has 0 radical (unpaired) electrons. The highest BCUT2D eigenvalue weighted by Gasteiger charge is 2.21. The van der Waals surface area contributed by atoms with Gasteiger partial charge in [-0.1, -0.05) is 12.1 Å². The quantitative estimate of drug-likeness (QED) is 0.554. The molecule has 1 aliphatic heterocycles. The van der Waals surface area contributed by atoms with Gasteiger partial charge >= 0.3 is 0 Å². The van der Waals surface area contributed by atoms with Crippen LogP contribution >= 0.6 is 11.3 Å². The first-order valence-electron chi connectivity index (χ1n) is 9.03. The maximum Gasteiger partial charge on any atom is 0.221 e. The van der Waals surface area contributed by atoms with E-state index in [1.807, 2.05) is 24.3 Å². The maximum atomic E-state index is 11.5. The number of carbonyl (C=O) groups is 1. The van der Waals surface area contributed by atoms with E-state index in [0.717, 1.165) is 50.6 Å². The fourth-order valence-corrected chi connectivity index (χ4v) is 4.48. The third kappa shape index (κ3) is 2.98. The second-order valence-corrected chi connectivity index (χ2v) is 7.67. The molecule has 1 saturated heterocycles. The highest BCUT2D eigenvalue weighted by molar-refractivity contribution is 7.23. The standard InChI is InChI=1S/C19H18N6O2S/c1-11(26)21-16-9-15-17(28-16)19(25-5-7-27-8-6-25)23-18(22-15)12-3-2-4-14-13(12)10-20-24-14/h2-4,9-10H,5-8H2,1H3,(H,20,24)(H,21,26). The number of aromatic amines is 1. The largest absolute Gasteiger partial charge is 0.378 e. The Morgan fingerprint density at radius 1 is 1.29 bits per heavy atom. The van der Waals surface area contributed by atoms with E-state index in [0.29, 0.717) is 19.0 Å². The molecule has 4 aromatic rings. The molecule has 4 heterocycles. The number of hydrogen-bond donors (Lipinski definition) is 2. The van der Waals surface area contributed by atoms with Crippen molar-refractivity contribution < 1.29 is 9.53 Å². The maximum absolute atomic E-state index is 11.5. The van der Waals surface area contributed by atoms with Gasteiger partial charge in [0.25, 0.3) is 0 Å². The van der Waals surface area contributed by atoms with Crippen LogP contribution in [0.1, 0.15) is 6.92 Å². The fraction of sp³-hybridized carbons (Fsp3) is 0.263. The molecule has 8 nitrogen and oxygen atoms in total. The Labute approximate surface area is 164 Å². The molecule has 9 heteroatoms. The van der Waals surface area contributed by atoms with Crippen molar-refractivity contribution in [2.24, 2.45) is 0 Å². The van der Waals surface area contributed by atoms with Crippen LogP contribution in [0.3, 0.4) is 0 Å². The predicted octanol–water partition coefficient (Wildman–Crippen LogP) is 3.03. The molecule has 0 bridgehead atoms. The Bertz CT molecular complexity index is 1180. The topological polar surface area (TPSA) is 96.0 Å². The minimum absolute atomic E-state index is 0.101. The third-order valence-corrected chi connectivity index (χ3v) is 5.72. The molecule has 5 rings (SSSR count). The zero-order valence-corrected chi connectivity index (χ0v) is 16.0. The lowest BCUT2D eigenvalue weighted by atomic mass is 10.1. The summed E-state index contributed by atoms with van der Waals surface area (Å²) in [7, 11) is 0. The Morgan fingerprint density at radius 2 is 2.14 bits per heavy atom. The normalized spacial score (nSPS) is 14.7. The molecule has 0 atom stereocenters. The summed E-state index contributed by atoms with van der Waals surface area (Å²) in [6, 6.07) is 7.86. The molecular formula is C19H18N6O2S. The van der Waals surface area contributed by atoms with Crippen LogP contribution in [0, 0.1) is 0 Å². The van der Waals surface area contributed by atoms with E-state index < -0.39 is 0 Å². The van der Waals surface area contributed by atoms with Gasteiger partial charge < -0.3 is 15.0 Å². The van der Waals surface area contributed by atoms with Crippen molar-refractivity contribution in [1.82, 2.24) is 20.2 Å². The van der Waals surface area contributed by atoms with Gasteiger partial charge in [-0.2, -0.15) is 5.10 Å². The Balaban J connectivity index is 1.71. The molecule has 28 heavy (non-hydrogen) atoms. The minimum atomic E-state index is -0.101. The first-order valence-corrected chi connectivity index (χ1v) is 9.85. The van der Waals surface area contributed by atoms with Crippen LogP contribution in [0.4, 0.5) is 10.8 Å². The first-order chi connectivity index (χ1) is 13.7. The molecule has 1 aliphatic rings. The molecule has 0 unspecified atom stereocenters.